The monoisotopic (exact) mass is 284 g/mol. The Morgan fingerprint density at radius 2 is 1.33 bits per heavy atom. The van der Waals surface area contributed by atoms with E-state index in [2.05, 4.69) is 43.4 Å². The van der Waals surface area contributed by atoms with Crippen molar-refractivity contribution in [1.29, 1.82) is 0 Å². The number of aliphatic carboxylic acids is 1. The van der Waals surface area contributed by atoms with Gasteiger partial charge >= 0.3 is 18.9 Å². The van der Waals surface area contributed by atoms with E-state index in [4.69, 9.17) is 0 Å². The Balaban J connectivity index is 0. The van der Waals surface area contributed by atoms with Gasteiger partial charge in [-0.05, 0) is 32.1 Å². The third-order valence-electron chi connectivity index (χ3n) is 3.08. The number of rotatable bonds is 13. The van der Waals surface area contributed by atoms with E-state index in [0.29, 0.717) is 0 Å². The quantitative estimate of drug-likeness (QED) is 0.291. The molecule has 3 heteroatoms. The van der Waals surface area contributed by atoms with Gasteiger partial charge in [0.1, 0.15) is 0 Å². The molecule has 2 nitrogen and oxygen atoms in total. The van der Waals surface area contributed by atoms with Crippen LogP contribution in [0.1, 0.15) is 71.1 Å². The van der Waals surface area contributed by atoms with Crippen LogP contribution in [0.15, 0.2) is 36.5 Å². The maximum Gasteiger partial charge on any atom is 1.00 e. The predicted molar refractivity (Wildman–Crippen MR) is 84.3 cm³/mol. The molecule has 0 aromatic rings. The summed E-state index contributed by atoms with van der Waals surface area (Å²) in [6, 6.07) is 0. The van der Waals surface area contributed by atoms with Crippen LogP contribution < -0.4 is 24.0 Å². The molecular formula is C18H29LiO2. The number of unbranched alkanes of at least 4 members (excludes halogenated alkanes) is 7. The number of carbonyl (C=O) groups excluding carboxylic acids is 1. The van der Waals surface area contributed by atoms with Gasteiger partial charge in [-0.1, -0.05) is 75.5 Å². The van der Waals surface area contributed by atoms with Crippen molar-refractivity contribution in [3.63, 3.8) is 0 Å². The molecule has 114 valence electrons. The zero-order valence-electron chi connectivity index (χ0n) is 13.9. The number of hydrogen-bond acceptors (Lipinski definition) is 2. The minimum atomic E-state index is -0.927. The molecule has 0 radical (unpaired) electrons. The van der Waals surface area contributed by atoms with E-state index in [0.717, 1.165) is 25.7 Å². The van der Waals surface area contributed by atoms with Crippen molar-refractivity contribution >= 4 is 5.97 Å². The van der Waals surface area contributed by atoms with Crippen LogP contribution >= 0.6 is 0 Å². The minimum Gasteiger partial charge on any atom is -0.550 e. The molecular weight excluding hydrogens is 255 g/mol. The van der Waals surface area contributed by atoms with Crippen LogP contribution in [0.2, 0.25) is 0 Å². The summed E-state index contributed by atoms with van der Waals surface area (Å²) in [5.74, 6) is -0.927. The van der Waals surface area contributed by atoms with E-state index in [1.54, 1.807) is 0 Å². The Labute approximate surface area is 142 Å². The molecule has 0 N–H and O–H groups in total. The molecule has 0 aliphatic rings. The summed E-state index contributed by atoms with van der Waals surface area (Å²) in [6.07, 6.45) is 23.0. The maximum absolute atomic E-state index is 10.2. The van der Waals surface area contributed by atoms with Crippen LogP contribution in [0, 0.1) is 0 Å². The molecule has 0 rings (SSSR count). The first-order valence-corrected chi connectivity index (χ1v) is 7.95. The molecule has 0 spiro atoms. The van der Waals surface area contributed by atoms with E-state index >= 15 is 0 Å². The number of carboxylic acid groups (broad SMARTS) is 1. The topological polar surface area (TPSA) is 40.1 Å². The molecule has 0 saturated carbocycles. The van der Waals surface area contributed by atoms with Gasteiger partial charge in [-0.2, -0.15) is 0 Å². The molecule has 0 aromatic heterocycles. The Bertz CT molecular complexity index is 306. The first-order valence-electron chi connectivity index (χ1n) is 7.95. The van der Waals surface area contributed by atoms with Crippen LogP contribution in [0.4, 0.5) is 0 Å². The number of carboxylic acids is 1. The van der Waals surface area contributed by atoms with Gasteiger partial charge in [0.15, 0.2) is 0 Å². The predicted octanol–water partition coefficient (Wildman–Crippen LogP) is 1.33. The van der Waals surface area contributed by atoms with E-state index in [-0.39, 0.29) is 25.3 Å². The zero-order valence-corrected chi connectivity index (χ0v) is 13.9. The Kier molecular flexibility index (Phi) is 20.7. The molecule has 0 aromatic carbocycles. The second-order valence-corrected chi connectivity index (χ2v) is 5.06. The number of carbonyl (C=O) groups is 1. The summed E-state index contributed by atoms with van der Waals surface area (Å²) in [7, 11) is 0. The number of hydrogen-bond donors (Lipinski definition) is 0. The van der Waals surface area contributed by atoms with Crippen LogP contribution in [-0.2, 0) is 4.79 Å². The van der Waals surface area contributed by atoms with Crippen molar-refractivity contribution in [1.82, 2.24) is 0 Å². The van der Waals surface area contributed by atoms with Crippen molar-refractivity contribution in [2.45, 2.75) is 71.1 Å². The second kappa shape index (κ2) is 19.3. The smallest absolute Gasteiger partial charge is 0.550 e. The molecule has 0 aliphatic heterocycles. The summed E-state index contributed by atoms with van der Waals surface area (Å²) in [4.78, 5) is 10.2. The van der Waals surface area contributed by atoms with Crippen LogP contribution in [0.5, 0.6) is 0 Å². The molecule has 21 heavy (non-hydrogen) atoms. The van der Waals surface area contributed by atoms with Gasteiger partial charge in [0.05, 0.1) is 0 Å². The molecule has 0 bridgehead atoms. The van der Waals surface area contributed by atoms with Gasteiger partial charge in [0.25, 0.3) is 0 Å². The molecule has 0 atom stereocenters. The molecule has 0 unspecified atom stereocenters. The van der Waals surface area contributed by atoms with Crippen molar-refractivity contribution in [3.8, 4) is 0 Å². The van der Waals surface area contributed by atoms with Crippen molar-refractivity contribution in [2.75, 3.05) is 0 Å². The van der Waals surface area contributed by atoms with Gasteiger partial charge in [-0.25, -0.2) is 0 Å². The summed E-state index contributed by atoms with van der Waals surface area (Å²) in [6.45, 7) is 2.20. The first-order chi connectivity index (χ1) is 9.77. The standard InChI is InChI=1S/C18H30O2.Li/c1-2-3-4-5-6-7-8-9-10-11-12-13-14-15-16-17-18(19)20;/h5-10H,2-4,11-17H2,1H3,(H,19,20);/q;+1/p-1/b6-5+,8-7+,10-9+;. The van der Waals surface area contributed by atoms with Crippen molar-refractivity contribution < 1.29 is 28.8 Å². The average Bonchev–Trinajstić information content (AvgIpc) is 2.43. The molecule has 0 amide bonds. The Hall–Kier alpha value is -0.713. The van der Waals surface area contributed by atoms with Gasteiger partial charge in [0, 0.05) is 5.97 Å². The average molecular weight is 284 g/mol. The fourth-order valence-corrected chi connectivity index (χ4v) is 1.86. The summed E-state index contributed by atoms with van der Waals surface area (Å²) < 4.78 is 0. The minimum absolute atomic E-state index is 0. The van der Waals surface area contributed by atoms with E-state index in [1.807, 2.05) is 0 Å². The van der Waals surface area contributed by atoms with Crippen LogP contribution in [-0.4, -0.2) is 5.97 Å². The summed E-state index contributed by atoms with van der Waals surface area (Å²) >= 11 is 0. The first kappa shape index (κ1) is 22.6. The van der Waals surface area contributed by atoms with Gasteiger partial charge < -0.3 is 9.90 Å². The fourth-order valence-electron chi connectivity index (χ4n) is 1.86. The summed E-state index contributed by atoms with van der Waals surface area (Å²) in [5.41, 5.74) is 0. The van der Waals surface area contributed by atoms with E-state index in [9.17, 15) is 9.90 Å². The van der Waals surface area contributed by atoms with Gasteiger partial charge in [-0.3, -0.25) is 0 Å². The van der Waals surface area contributed by atoms with Crippen molar-refractivity contribution in [2.24, 2.45) is 0 Å². The SMILES string of the molecule is CCCC/C=C/C=C/C=C/CCCCCCCC(=O)[O-].[Li+]. The second-order valence-electron chi connectivity index (χ2n) is 5.06. The Morgan fingerprint density at radius 1 is 0.810 bits per heavy atom. The third-order valence-corrected chi connectivity index (χ3v) is 3.08. The Morgan fingerprint density at radius 3 is 1.90 bits per heavy atom. The van der Waals surface area contributed by atoms with Crippen molar-refractivity contribution in [3.05, 3.63) is 36.5 Å². The zero-order chi connectivity index (χ0) is 14.9. The fraction of sp³-hybridized carbons (Fsp3) is 0.611. The third kappa shape index (κ3) is 21.7. The summed E-state index contributed by atoms with van der Waals surface area (Å²) in [5, 5.41) is 10.2. The van der Waals surface area contributed by atoms with E-state index < -0.39 is 5.97 Å². The number of allylic oxidation sites excluding steroid dienone is 6. The largest absolute Gasteiger partial charge is 1.00 e. The van der Waals surface area contributed by atoms with Crippen LogP contribution in [0.25, 0.3) is 0 Å². The van der Waals surface area contributed by atoms with Crippen LogP contribution in [0.3, 0.4) is 0 Å². The molecule has 0 fully saturated rings. The van der Waals surface area contributed by atoms with E-state index in [1.165, 1.54) is 32.1 Å². The van der Waals surface area contributed by atoms with Gasteiger partial charge in [-0.15, -0.1) is 0 Å². The maximum atomic E-state index is 10.2. The van der Waals surface area contributed by atoms with Gasteiger partial charge in [0.2, 0.25) is 0 Å². The molecule has 0 heterocycles. The molecule has 0 aliphatic carbocycles. The normalized spacial score (nSPS) is 11.5. The molecule has 0 saturated heterocycles.